The molecule has 1 aromatic heterocycles. The number of rotatable bonds is 0. The van der Waals surface area contributed by atoms with Crippen molar-refractivity contribution in [3.05, 3.63) is 33.4 Å². The number of ketones is 1. The molecule has 1 aliphatic carbocycles. The van der Waals surface area contributed by atoms with Crippen molar-refractivity contribution >= 4 is 32.6 Å². The molecule has 3 rings (SSSR count). The van der Waals surface area contributed by atoms with Gasteiger partial charge in [-0.2, -0.15) is 0 Å². The molecular weight excluding hydrogens is 290 g/mol. The normalized spacial score (nSPS) is 18.1. The van der Waals surface area contributed by atoms with Gasteiger partial charge < -0.3 is 4.98 Å². The molecule has 18 heavy (non-hydrogen) atoms. The Morgan fingerprint density at radius 2 is 2.00 bits per heavy atom. The predicted octanol–water partition coefficient (Wildman–Crippen LogP) is 4.39. The van der Waals surface area contributed by atoms with Gasteiger partial charge in [-0.15, -0.1) is 0 Å². The minimum atomic E-state index is 0.0656. The Kier molecular flexibility index (Phi) is 2.46. The Labute approximate surface area is 115 Å². The number of Topliss-reactive ketones (excluding diaryl/α,β-unsaturated/α-hetero) is 1. The summed E-state index contributed by atoms with van der Waals surface area (Å²) in [5.41, 5.74) is 4.37. The number of carbonyl (C=O) groups is 1. The molecule has 1 N–H and O–H groups in total. The van der Waals surface area contributed by atoms with E-state index in [2.05, 4.69) is 47.8 Å². The lowest BCUT2D eigenvalue weighted by molar-refractivity contribution is 0.0913. The molecule has 0 bridgehead atoms. The van der Waals surface area contributed by atoms with E-state index < -0.39 is 0 Å². The highest BCUT2D eigenvalue weighted by molar-refractivity contribution is 9.10. The average molecular weight is 306 g/mol. The first-order chi connectivity index (χ1) is 8.37. The van der Waals surface area contributed by atoms with Crippen LogP contribution in [0.15, 0.2) is 16.6 Å². The van der Waals surface area contributed by atoms with Crippen LogP contribution in [-0.4, -0.2) is 10.8 Å². The number of aromatic amines is 1. The summed E-state index contributed by atoms with van der Waals surface area (Å²) >= 11 is 3.51. The number of benzene rings is 1. The lowest BCUT2D eigenvalue weighted by atomic mass is 9.76. The maximum atomic E-state index is 12.4. The van der Waals surface area contributed by atoms with E-state index in [-0.39, 0.29) is 11.2 Å². The van der Waals surface area contributed by atoms with Crippen LogP contribution >= 0.6 is 15.9 Å². The molecule has 2 aromatic rings. The van der Waals surface area contributed by atoms with Crippen molar-refractivity contribution in [1.82, 2.24) is 4.98 Å². The van der Waals surface area contributed by atoms with E-state index in [0.29, 0.717) is 6.42 Å². The Morgan fingerprint density at radius 3 is 2.72 bits per heavy atom. The lowest BCUT2D eigenvalue weighted by Gasteiger charge is -2.28. The first-order valence-electron chi connectivity index (χ1n) is 6.21. The van der Waals surface area contributed by atoms with Gasteiger partial charge in [0.2, 0.25) is 0 Å². The van der Waals surface area contributed by atoms with Gasteiger partial charge >= 0.3 is 0 Å². The number of hydrogen-bond acceptors (Lipinski definition) is 1. The van der Waals surface area contributed by atoms with Crippen LogP contribution in [0.3, 0.4) is 0 Å². The van der Waals surface area contributed by atoms with Crippen molar-refractivity contribution in [3.8, 4) is 0 Å². The first-order valence-corrected chi connectivity index (χ1v) is 7.01. The molecule has 0 spiro atoms. The van der Waals surface area contributed by atoms with Crippen LogP contribution in [0.1, 0.15) is 41.9 Å². The quantitative estimate of drug-likeness (QED) is 0.769. The van der Waals surface area contributed by atoms with Crippen molar-refractivity contribution < 1.29 is 4.79 Å². The van der Waals surface area contributed by atoms with Crippen LogP contribution in [-0.2, 0) is 6.42 Å². The molecule has 0 atom stereocenters. The number of nitrogens with one attached hydrogen (secondary N) is 1. The minimum Gasteiger partial charge on any atom is -0.358 e. The van der Waals surface area contributed by atoms with Gasteiger partial charge in [0.15, 0.2) is 5.78 Å². The highest BCUT2D eigenvalue weighted by Crippen LogP contribution is 2.39. The maximum absolute atomic E-state index is 12.4. The summed E-state index contributed by atoms with van der Waals surface area (Å²) < 4.78 is 1.03. The van der Waals surface area contributed by atoms with Crippen molar-refractivity contribution in [2.24, 2.45) is 5.41 Å². The topological polar surface area (TPSA) is 32.9 Å². The molecular formula is C15H16BrNO. The molecule has 94 valence electrons. The molecule has 1 heterocycles. The standard InChI is InChI=1S/C15H16BrNO/c1-8-4-9(16)5-10-13-11(17-14(8)10)6-15(2,3)7-12(13)18/h4-5,17H,6-7H2,1-3H3. The zero-order chi connectivity index (χ0) is 13.1. The average Bonchev–Trinajstić information content (AvgIpc) is 2.54. The third-order valence-electron chi connectivity index (χ3n) is 3.72. The number of carbonyl (C=O) groups excluding carboxylic acids is 1. The number of H-pyrrole nitrogens is 1. The van der Waals surface area contributed by atoms with E-state index in [1.54, 1.807) is 0 Å². The van der Waals surface area contributed by atoms with Crippen molar-refractivity contribution in [2.75, 3.05) is 0 Å². The van der Waals surface area contributed by atoms with Gasteiger partial charge in [0.05, 0.1) is 0 Å². The van der Waals surface area contributed by atoms with E-state index in [1.807, 2.05) is 6.07 Å². The number of aryl methyl sites for hydroxylation is 1. The van der Waals surface area contributed by atoms with E-state index in [1.165, 1.54) is 5.56 Å². The lowest BCUT2D eigenvalue weighted by Crippen LogP contribution is -2.26. The molecule has 0 saturated heterocycles. The zero-order valence-corrected chi connectivity index (χ0v) is 12.4. The molecule has 0 unspecified atom stereocenters. The molecule has 0 saturated carbocycles. The minimum absolute atomic E-state index is 0.0656. The highest BCUT2D eigenvalue weighted by Gasteiger charge is 2.33. The van der Waals surface area contributed by atoms with Gasteiger partial charge in [0.1, 0.15) is 0 Å². The Bertz CT molecular complexity index is 667. The van der Waals surface area contributed by atoms with Crippen LogP contribution in [0, 0.1) is 12.3 Å². The summed E-state index contributed by atoms with van der Waals surface area (Å²) in [4.78, 5) is 15.8. The molecule has 0 amide bonds. The monoisotopic (exact) mass is 305 g/mol. The fourth-order valence-corrected chi connectivity index (χ4v) is 3.57. The van der Waals surface area contributed by atoms with Crippen LogP contribution in [0.4, 0.5) is 0 Å². The van der Waals surface area contributed by atoms with Gasteiger partial charge in [0.25, 0.3) is 0 Å². The predicted molar refractivity (Wildman–Crippen MR) is 77.2 cm³/mol. The SMILES string of the molecule is Cc1cc(Br)cc2c3c([nH]c12)CC(C)(C)CC3=O. The van der Waals surface area contributed by atoms with E-state index in [4.69, 9.17) is 0 Å². The molecule has 1 aliphatic rings. The maximum Gasteiger partial charge on any atom is 0.165 e. The van der Waals surface area contributed by atoms with Crippen molar-refractivity contribution in [1.29, 1.82) is 0 Å². The second-order valence-electron chi connectivity index (χ2n) is 6.06. The van der Waals surface area contributed by atoms with Crippen molar-refractivity contribution in [3.63, 3.8) is 0 Å². The van der Waals surface area contributed by atoms with E-state index >= 15 is 0 Å². The fraction of sp³-hybridized carbons (Fsp3) is 0.400. The van der Waals surface area contributed by atoms with Gasteiger partial charge in [-0.05, 0) is 36.5 Å². The second-order valence-corrected chi connectivity index (χ2v) is 6.98. The molecule has 0 fully saturated rings. The van der Waals surface area contributed by atoms with Crippen molar-refractivity contribution in [2.45, 2.75) is 33.6 Å². The number of hydrogen-bond donors (Lipinski definition) is 1. The number of aromatic nitrogens is 1. The summed E-state index contributed by atoms with van der Waals surface area (Å²) in [7, 11) is 0. The molecule has 2 nitrogen and oxygen atoms in total. The Balaban J connectivity index is 2.34. The summed E-state index contributed by atoms with van der Waals surface area (Å²) in [6.45, 7) is 6.38. The van der Waals surface area contributed by atoms with Gasteiger partial charge in [-0.25, -0.2) is 0 Å². The summed E-state index contributed by atoms with van der Waals surface area (Å²) in [5, 5.41) is 1.07. The second kappa shape index (κ2) is 3.70. The summed E-state index contributed by atoms with van der Waals surface area (Å²) in [6.07, 6.45) is 1.58. The molecule has 1 aromatic carbocycles. The van der Waals surface area contributed by atoms with Crippen LogP contribution in [0.25, 0.3) is 10.9 Å². The van der Waals surface area contributed by atoms with Gasteiger partial charge in [-0.1, -0.05) is 29.8 Å². The van der Waals surface area contributed by atoms with Crippen LogP contribution in [0.5, 0.6) is 0 Å². The molecule has 0 radical (unpaired) electrons. The number of fused-ring (bicyclic) bond motifs is 3. The Morgan fingerprint density at radius 1 is 1.28 bits per heavy atom. The van der Waals surface area contributed by atoms with Crippen LogP contribution in [0.2, 0.25) is 0 Å². The third kappa shape index (κ3) is 1.72. The first kappa shape index (κ1) is 12.0. The fourth-order valence-electron chi connectivity index (χ4n) is 3.00. The summed E-state index contributed by atoms with van der Waals surface area (Å²) in [6, 6.07) is 4.13. The van der Waals surface area contributed by atoms with Crippen LogP contribution < -0.4 is 0 Å². The van der Waals surface area contributed by atoms with E-state index in [9.17, 15) is 4.79 Å². The third-order valence-corrected chi connectivity index (χ3v) is 4.18. The van der Waals surface area contributed by atoms with Gasteiger partial charge in [0, 0.05) is 33.1 Å². The number of halogens is 1. The zero-order valence-electron chi connectivity index (χ0n) is 10.9. The molecule has 0 aliphatic heterocycles. The molecule has 3 heteroatoms. The van der Waals surface area contributed by atoms with E-state index in [0.717, 1.165) is 33.1 Å². The Hall–Kier alpha value is -1.09. The largest absolute Gasteiger partial charge is 0.358 e. The smallest absolute Gasteiger partial charge is 0.165 e. The van der Waals surface area contributed by atoms with Gasteiger partial charge in [-0.3, -0.25) is 4.79 Å². The highest BCUT2D eigenvalue weighted by atomic mass is 79.9. The summed E-state index contributed by atoms with van der Waals surface area (Å²) in [5.74, 6) is 0.269.